The van der Waals surface area contributed by atoms with Crippen LogP contribution in [0.5, 0.6) is 11.5 Å². The zero-order valence-corrected chi connectivity index (χ0v) is 10.7. The van der Waals surface area contributed by atoms with E-state index in [1.807, 2.05) is 30.3 Å². The molecular weight excluding hydrogens is 240 g/mol. The van der Waals surface area contributed by atoms with E-state index in [0.29, 0.717) is 11.3 Å². The maximum absolute atomic E-state index is 11.1. The van der Waals surface area contributed by atoms with Gasteiger partial charge in [-0.2, -0.15) is 0 Å². The Balaban J connectivity index is 2.04. The van der Waals surface area contributed by atoms with Gasteiger partial charge in [-0.25, -0.2) is 0 Å². The minimum absolute atomic E-state index is 0.566. The van der Waals surface area contributed by atoms with Crippen molar-refractivity contribution in [1.82, 2.24) is 0 Å². The molecule has 3 rings (SSSR count). The topological polar surface area (TPSA) is 35.5 Å². The summed E-state index contributed by atoms with van der Waals surface area (Å²) in [6.07, 6.45) is 1.76. The van der Waals surface area contributed by atoms with Crippen molar-refractivity contribution >= 4 is 6.29 Å². The van der Waals surface area contributed by atoms with Gasteiger partial charge in [0.1, 0.15) is 11.5 Å². The standard InChI is InChI=1S/C16H14O3/c1-18-15-4-2-12(9-14(15)10-17)11-3-5-16-13(8-11)6-7-19-16/h2-5,8-10H,6-7H2,1H3. The molecule has 0 unspecified atom stereocenters. The normalized spacial score (nSPS) is 12.7. The number of rotatable bonds is 3. The lowest BCUT2D eigenvalue weighted by Gasteiger charge is -2.08. The molecule has 1 aliphatic rings. The first kappa shape index (κ1) is 11.8. The van der Waals surface area contributed by atoms with Gasteiger partial charge >= 0.3 is 0 Å². The maximum Gasteiger partial charge on any atom is 0.153 e. The molecule has 3 heteroatoms. The van der Waals surface area contributed by atoms with Gasteiger partial charge in [-0.3, -0.25) is 4.79 Å². The van der Waals surface area contributed by atoms with Gasteiger partial charge in [0.15, 0.2) is 6.29 Å². The lowest BCUT2D eigenvalue weighted by molar-refractivity contribution is 0.112. The van der Waals surface area contributed by atoms with E-state index in [-0.39, 0.29) is 0 Å². The van der Waals surface area contributed by atoms with Crippen molar-refractivity contribution in [3.8, 4) is 22.6 Å². The van der Waals surface area contributed by atoms with Crippen molar-refractivity contribution in [1.29, 1.82) is 0 Å². The van der Waals surface area contributed by atoms with Crippen LogP contribution in [-0.2, 0) is 6.42 Å². The molecule has 0 radical (unpaired) electrons. The highest BCUT2D eigenvalue weighted by atomic mass is 16.5. The van der Waals surface area contributed by atoms with Gasteiger partial charge in [0.25, 0.3) is 0 Å². The van der Waals surface area contributed by atoms with Crippen LogP contribution in [0.4, 0.5) is 0 Å². The molecule has 0 bridgehead atoms. The number of aldehydes is 1. The molecule has 0 aliphatic carbocycles. The molecule has 0 N–H and O–H groups in total. The molecule has 0 spiro atoms. The first-order valence-corrected chi connectivity index (χ1v) is 6.21. The van der Waals surface area contributed by atoms with Crippen LogP contribution >= 0.6 is 0 Å². The Morgan fingerprint density at radius 2 is 1.95 bits per heavy atom. The van der Waals surface area contributed by atoms with E-state index in [4.69, 9.17) is 9.47 Å². The van der Waals surface area contributed by atoms with Crippen LogP contribution in [0, 0.1) is 0 Å². The van der Waals surface area contributed by atoms with Gasteiger partial charge in [-0.1, -0.05) is 12.1 Å². The summed E-state index contributed by atoms with van der Waals surface area (Å²) in [5.41, 5.74) is 3.89. The summed E-state index contributed by atoms with van der Waals surface area (Å²) in [4.78, 5) is 11.1. The number of fused-ring (bicyclic) bond motifs is 1. The minimum atomic E-state index is 0.566. The van der Waals surface area contributed by atoms with Crippen LogP contribution in [0.3, 0.4) is 0 Å². The fourth-order valence-corrected chi connectivity index (χ4v) is 2.37. The van der Waals surface area contributed by atoms with E-state index in [1.54, 1.807) is 7.11 Å². The zero-order chi connectivity index (χ0) is 13.2. The molecule has 1 heterocycles. The Hall–Kier alpha value is -2.29. The molecule has 0 atom stereocenters. The van der Waals surface area contributed by atoms with E-state index >= 15 is 0 Å². The Labute approximate surface area is 111 Å². The van der Waals surface area contributed by atoms with E-state index in [2.05, 4.69) is 6.07 Å². The van der Waals surface area contributed by atoms with Crippen LogP contribution in [0.25, 0.3) is 11.1 Å². The lowest BCUT2D eigenvalue weighted by atomic mass is 10.00. The molecule has 0 fully saturated rings. The molecule has 19 heavy (non-hydrogen) atoms. The largest absolute Gasteiger partial charge is 0.496 e. The third kappa shape index (κ3) is 2.08. The predicted octanol–water partition coefficient (Wildman–Crippen LogP) is 3.11. The fraction of sp³-hybridized carbons (Fsp3) is 0.188. The minimum Gasteiger partial charge on any atom is -0.496 e. The van der Waals surface area contributed by atoms with E-state index < -0.39 is 0 Å². The highest BCUT2D eigenvalue weighted by molar-refractivity contribution is 5.83. The average Bonchev–Trinajstić information content (AvgIpc) is 2.93. The summed E-state index contributed by atoms with van der Waals surface area (Å²) >= 11 is 0. The summed E-state index contributed by atoms with van der Waals surface area (Å²) < 4.78 is 10.6. The van der Waals surface area contributed by atoms with Gasteiger partial charge in [-0.05, 0) is 41.0 Å². The summed E-state index contributed by atoms with van der Waals surface area (Å²) in [6.45, 7) is 0.751. The van der Waals surface area contributed by atoms with Crippen LogP contribution in [0.15, 0.2) is 36.4 Å². The number of carbonyl (C=O) groups excluding carboxylic acids is 1. The van der Waals surface area contributed by atoms with Crippen molar-refractivity contribution < 1.29 is 14.3 Å². The van der Waals surface area contributed by atoms with E-state index in [1.165, 1.54) is 5.56 Å². The Kier molecular flexibility index (Phi) is 2.95. The van der Waals surface area contributed by atoms with Crippen LogP contribution < -0.4 is 9.47 Å². The number of hydrogen-bond acceptors (Lipinski definition) is 3. The average molecular weight is 254 g/mol. The summed E-state index contributed by atoms with van der Waals surface area (Å²) in [6, 6.07) is 11.8. The van der Waals surface area contributed by atoms with Crippen LogP contribution in [0.2, 0.25) is 0 Å². The second-order valence-electron chi connectivity index (χ2n) is 4.50. The number of carbonyl (C=O) groups is 1. The molecule has 3 nitrogen and oxygen atoms in total. The zero-order valence-electron chi connectivity index (χ0n) is 10.7. The molecule has 1 aliphatic heterocycles. The van der Waals surface area contributed by atoms with Crippen LogP contribution in [0.1, 0.15) is 15.9 Å². The van der Waals surface area contributed by atoms with Gasteiger partial charge < -0.3 is 9.47 Å². The molecule has 0 saturated heterocycles. The molecule has 96 valence electrons. The van der Waals surface area contributed by atoms with E-state index in [0.717, 1.165) is 36.2 Å². The third-order valence-electron chi connectivity index (χ3n) is 3.38. The Morgan fingerprint density at radius 3 is 2.74 bits per heavy atom. The summed E-state index contributed by atoms with van der Waals surface area (Å²) in [5.74, 6) is 1.57. The van der Waals surface area contributed by atoms with Gasteiger partial charge in [0, 0.05) is 6.42 Å². The second kappa shape index (κ2) is 4.76. The van der Waals surface area contributed by atoms with Gasteiger partial charge in [0.05, 0.1) is 19.3 Å². The smallest absolute Gasteiger partial charge is 0.153 e. The molecule has 2 aromatic rings. The number of benzene rings is 2. The van der Waals surface area contributed by atoms with Gasteiger partial charge in [-0.15, -0.1) is 0 Å². The molecule has 0 aromatic heterocycles. The SMILES string of the molecule is COc1ccc(-c2ccc3c(c2)CCO3)cc1C=O. The monoisotopic (exact) mass is 254 g/mol. The Bertz CT molecular complexity index is 632. The molecule has 0 saturated carbocycles. The fourth-order valence-electron chi connectivity index (χ4n) is 2.37. The van der Waals surface area contributed by atoms with Crippen LogP contribution in [-0.4, -0.2) is 20.0 Å². The van der Waals surface area contributed by atoms with E-state index in [9.17, 15) is 4.79 Å². The van der Waals surface area contributed by atoms with Crippen molar-refractivity contribution in [2.45, 2.75) is 6.42 Å². The second-order valence-corrected chi connectivity index (χ2v) is 4.50. The maximum atomic E-state index is 11.1. The number of methoxy groups -OCH3 is 1. The van der Waals surface area contributed by atoms with Crippen molar-refractivity contribution in [2.24, 2.45) is 0 Å². The number of hydrogen-bond donors (Lipinski definition) is 0. The van der Waals surface area contributed by atoms with Gasteiger partial charge in [0.2, 0.25) is 0 Å². The first-order chi connectivity index (χ1) is 9.31. The highest BCUT2D eigenvalue weighted by Crippen LogP contribution is 2.32. The lowest BCUT2D eigenvalue weighted by Crippen LogP contribution is -1.91. The first-order valence-electron chi connectivity index (χ1n) is 6.21. The number of ether oxygens (including phenoxy) is 2. The van der Waals surface area contributed by atoms with Crippen molar-refractivity contribution in [2.75, 3.05) is 13.7 Å². The third-order valence-corrected chi connectivity index (χ3v) is 3.38. The van der Waals surface area contributed by atoms with Crippen molar-refractivity contribution in [3.05, 3.63) is 47.5 Å². The molecule has 2 aromatic carbocycles. The summed E-state index contributed by atoms with van der Waals surface area (Å²) in [7, 11) is 1.56. The molecule has 0 amide bonds. The predicted molar refractivity (Wildman–Crippen MR) is 73.0 cm³/mol. The quantitative estimate of drug-likeness (QED) is 0.789. The highest BCUT2D eigenvalue weighted by Gasteiger charge is 2.13. The molecular formula is C16H14O3. The van der Waals surface area contributed by atoms with Crippen molar-refractivity contribution in [3.63, 3.8) is 0 Å². The summed E-state index contributed by atoms with van der Waals surface area (Å²) in [5, 5.41) is 0. The Morgan fingerprint density at radius 1 is 1.16 bits per heavy atom.